The summed E-state index contributed by atoms with van der Waals surface area (Å²) < 4.78 is 36.0. The third-order valence-corrected chi connectivity index (χ3v) is 3.65. The van der Waals surface area contributed by atoms with E-state index < -0.39 is 12.6 Å². The molecule has 1 aliphatic rings. The van der Waals surface area contributed by atoms with E-state index in [2.05, 4.69) is 5.32 Å². The van der Waals surface area contributed by atoms with Gasteiger partial charge in [0.15, 0.2) is 0 Å². The molecule has 0 radical (unpaired) electrons. The summed E-state index contributed by atoms with van der Waals surface area (Å²) in [6, 6.07) is 7.78. The predicted octanol–water partition coefficient (Wildman–Crippen LogP) is 3.23. The van der Waals surface area contributed by atoms with Gasteiger partial charge in [-0.05, 0) is 43.5 Å². The van der Waals surface area contributed by atoms with Gasteiger partial charge in [-0.2, -0.15) is 13.2 Å². The molecular formula is C14H19F3N2. The zero-order valence-electron chi connectivity index (χ0n) is 10.8. The van der Waals surface area contributed by atoms with Crippen LogP contribution in [-0.2, 0) is 5.41 Å². The summed E-state index contributed by atoms with van der Waals surface area (Å²) in [5.41, 5.74) is 7.73. The Morgan fingerprint density at radius 1 is 1.16 bits per heavy atom. The minimum absolute atomic E-state index is 0.117. The molecule has 1 aromatic rings. The molecule has 0 heterocycles. The molecular weight excluding hydrogens is 253 g/mol. The van der Waals surface area contributed by atoms with Crippen LogP contribution in [-0.4, -0.2) is 19.3 Å². The van der Waals surface area contributed by atoms with Gasteiger partial charge in [-0.3, -0.25) is 0 Å². The summed E-state index contributed by atoms with van der Waals surface area (Å²) in [5, 5.41) is 3.14. The number of anilines is 1. The molecule has 0 amide bonds. The molecule has 19 heavy (non-hydrogen) atoms. The summed E-state index contributed by atoms with van der Waals surface area (Å²) in [6.45, 7) is 1.16. The molecule has 1 saturated carbocycles. The smallest absolute Gasteiger partial charge is 0.389 e. The summed E-state index contributed by atoms with van der Waals surface area (Å²) >= 11 is 0. The first-order chi connectivity index (χ1) is 8.91. The Kier molecular flexibility index (Phi) is 4.04. The van der Waals surface area contributed by atoms with Crippen molar-refractivity contribution >= 4 is 5.69 Å². The topological polar surface area (TPSA) is 38.0 Å². The minimum atomic E-state index is -4.05. The molecule has 1 aromatic carbocycles. The highest BCUT2D eigenvalue weighted by atomic mass is 19.4. The maximum Gasteiger partial charge on any atom is 0.389 e. The first-order valence-electron chi connectivity index (χ1n) is 6.55. The molecule has 5 heteroatoms. The van der Waals surface area contributed by atoms with Crippen LogP contribution in [0.4, 0.5) is 18.9 Å². The van der Waals surface area contributed by atoms with Gasteiger partial charge in [-0.15, -0.1) is 0 Å². The van der Waals surface area contributed by atoms with Gasteiger partial charge in [-0.1, -0.05) is 12.1 Å². The number of hydrogen-bond donors (Lipinski definition) is 2. The Morgan fingerprint density at radius 3 is 2.32 bits per heavy atom. The molecule has 0 bridgehead atoms. The summed E-state index contributed by atoms with van der Waals surface area (Å²) in [4.78, 5) is 0. The van der Waals surface area contributed by atoms with Crippen molar-refractivity contribution in [3.63, 3.8) is 0 Å². The molecule has 0 spiro atoms. The average Bonchev–Trinajstić information content (AvgIpc) is 3.09. The fourth-order valence-corrected chi connectivity index (χ4v) is 2.30. The number of halogens is 3. The van der Waals surface area contributed by atoms with E-state index in [-0.39, 0.29) is 11.8 Å². The molecule has 2 rings (SSSR count). The van der Waals surface area contributed by atoms with Gasteiger partial charge in [0, 0.05) is 24.1 Å². The van der Waals surface area contributed by atoms with Crippen LogP contribution in [0.25, 0.3) is 0 Å². The molecule has 0 aliphatic heterocycles. The van der Waals surface area contributed by atoms with Gasteiger partial charge < -0.3 is 11.1 Å². The van der Waals surface area contributed by atoms with Crippen LogP contribution in [0.1, 0.15) is 31.2 Å². The summed E-state index contributed by atoms with van der Waals surface area (Å²) in [7, 11) is 0. The van der Waals surface area contributed by atoms with Crippen molar-refractivity contribution in [2.75, 3.05) is 18.8 Å². The first kappa shape index (κ1) is 14.2. The van der Waals surface area contributed by atoms with E-state index in [9.17, 15) is 13.2 Å². The normalized spacial score (nSPS) is 17.4. The van der Waals surface area contributed by atoms with Gasteiger partial charge >= 0.3 is 6.18 Å². The van der Waals surface area contributed by atoms with Crippen molar-refractivity contribution in [1.82, 2.24) is 5.32 Å². The SMILES string of the molecule is Nc1ccc(C2(CNCCCC(F)(F)F)CC2)cc1. The molecule has 2 nitrogen and oxygen atoms in total. The van der Waals surface area contributed by atoms with E-state index in [0.717, 1.165) is 25.1 Å². The number of rotatable bonds is 6. The van der Waals surface area contributed by atoms with Crippen molar-refractivity contribution in [2.45, 2.75) is 37.3 Å². The Hall–Kier alpha value is -1.23. The molecule has 0 aromatic heterocycles. The van der Waals surface area contributed by atoms with Crippen molar-refractivity contribution < 1.29 is 13.2 Å². The Labute approximate surface area is 111 Å². The van der Waals surface area contributed by atoms with Crippen LogP contribution in [0, 0.1) is 0 Å². The average molecular weight is 272 g/mol. The van der Waals surface area contributed by atoms with E-state index in [0.29, 0.717) is 6.54 Å². The number of hydrogen-bond acceptors (Lipinski definition) is 2. The fourth-order valence-electron chi connectivity index (χ4n) is 2.30. The maximum absolute atomic E-state index is 12.0. The molecule has 0 unspecified atom stereocenters. The quantitative estimate of drug-likeness (QED) is 0.616. The first-order valence-corrected chi connectivity index (χ1v) is 6.55. The Bertz CT molecular complexity index is 408. The van der Waals surface area contributed by atoms with Crippen molar-refractivity contribution in [2.24, 2.45) is 0 Å². The van der Waals surface area contributed by atoms with Crippen LogP contribution < -0.4 is 11.1 Å². The van der Waals surface area contributed by atoms with Crippen LogP contribution in [0.3, 0.4) is 0 Å². The summed E-state index contributed by atoms with van der Waals surface area (Å²) in [6.07, 6.45) is -2.45. The van der Waals surface area contributed by atoms with Gasteiger partial charge in [0.1, 0.15) is 0 Å². The maximum atomic E-state index is 12.0. The number of nitrogens with two attached hydrogens (primary N) is 1. The largest absolute Gasteiger partial charge is 0.399 e. The molecule has 1 aliphatic carbocycles. The van der Waals surface area contributed by atoms with E-state index in [1.54, 1.807) is 0 Å². The number of nitrogens with one attached hydrogen (secondary N) is 1. The van der Waals surface area contributed by atoms with Crippen LogP contribution in [0.15, 0.2) is 24.3 Å². The van der Waals surface area contributed by atoms with Crippen LogP contribution >= 0.6 is 0 Å². The van der Waals surface area contributed by atoms with E-state index in [1.165, 1.54) is 5.56 Å². The van der Waals surface area contributed by atoms with Crippen LogP contribution in [0.2, 0.25) is 0 Å². The second kappa shape index (κ2) is 5.41. The third-order valence-electron chi connectivity index (χ3n) is 3.65. The summed E-state index contributed by atoms with van der Waals surface area (Å²) in [5.74, 6) is 0. The van der Waals surface area contributed by atoms with E-state index in [4.69, 9.17) is 5.73 Å². The highest BCUT2D eigenvalue weighted by molar-refractivity contribution is 5.43. The van der Waals surface area contributed by atoms with Crippen molar-refractivity contribution in [1.29, 1.82) is 0 Å². The van der Waals surface area contributed by atoms with E-state index >= 15 is 0 Å². The lowest BCUT2D eigenvalue weighted by molar-refractivity contribution is -0.135. The number of benzene rings is 1. The zero-order valence-corrected chi connectivity index (χ0v) is 10.8. The Morgan fingerprint density at radius 2 is 1.79 bits per heavy atom. The van der Waals surface area contributed by atoms with Gasteiger partial charge in [0.2, 0.25) is 0 Å². The monoisotopic (exact) mass is 272 g/mol. The lowest BCUT2D eigenvalue weighted by Crippen LogP contribution is -2.28. The highest BCUT2D eigenvalue weighted by Crippen LogP contribution is 2.47. The zero-order chi connectivity index (χ0) is 13.9. The third kappa shape index (κ3) is 4.13. The van der Waals surface area contributed by atoms with Crippen molar-refractivity contribution in [3.8, 4) is 0 Å². The van der Waals surface area contributed by atoms with E-state index in [1.807, 2.05) is 24.3 Å². The molecule has 1 fully saturated rings. The van der Waals surface area contributed by atoms with Gasteiger partial charge in [0.25, 0.3) is 0 Å². The van der Waals surface area contributed by atoms with Gasteiger partial charge in [-0.25, -0.2) is 0 Å². The molecule has 3 N–H and O–H groups in total. The fraction of sp³-hybridized carbons (Fsp3) is 0.571. The number of alkyl halides is 3. The van der Waals surface area contributed by atoms with Gasteiger partial charge in [0.05, 0.1) is 0 Å². The lowest BCUT2D eigenvalue weighted by Gasteiger charge is -2.17. The number of nitrogen functional groups attached to an aromatic ring is 1. The molecule has 106 valence electrons. The highest BCUT2D eigenvalue weighted by Gasteiger charge is 2.43. The molecule has 0 atom stereocenters. The van der Waals surface area contributed by atoms with Crippen LogP contribution in [0.5, 0.6) is 0 Å². The predicted molar refractivity (Wildman–Crippen MR) is 69.9 cm³/mol. The Balaban J connectivity index is 1.75. The second-order valence-corrected chi connectivity index (χ2v) is 5.30. The molecule has 0 saturated heterocycles. The minimum Gasteiger partial charge on any atom is -0.399 e. The lowest BCUT2D eigenvalue weighted by atomic mass is 9.95. The van der Waals surface area contributed by atoms with Crippen molar-refractivity contribution in [3.05, 3.63) is 29.8 Å². The standard InChI is InChI=1S/C14H19F3N2/c15-14(16,17)6-1-9-19-10-13(7-8-13)11-2-4-12(18)5-3-11/h2-5,19H,1,6-10,18H2. The second-order valence-electron chi connectivity index (χ2n) is 5.30.